The number of nitrogens with two attached hydrogens (primary N) is 1. The van der Waals surface area contributed by atoms with Crippen LogP contribution in [0.1, 0.15) is 41.1 Å². The number of amides is 2. The second-order valence-corrected chi connectivity index (χ2v) is 8.67. The van der Waals surface area contributed by atoms with Crippen LogP contribution >= 0.6 is 0 Å². The Kier molecular flexibility index (Phi) is 7.46. The standard InChI is InChI=1S/C19H26N4O6S/c1-12(2)7-8-29-16-6-5-13(9-17(16)28-4)19(25)21-22-30(26,27)14-10-15(18(20)24)23(3)11-14/h5-6,9-12,22H,7-8H2,1-4H3,(H2,20,24)(H,21,25). The summed E-state index contributed by atoms with van der Waals surface area (Å²) < 4.78 is 36.9. The molecule has 0 atom stereocenters. The third kappa shape index (κ3) is 5.74. The number of sulfonamides is 1. The van der Waals surface area contributed by atoms with E-state index in [1.807, 2.05) is 4.83 Å². The van der Waals surface area contributed by atoms with Crippen LogP contribution < -0.4 is 25.5 Å². The van der Waals surface area contributed by atoms with Crippen LogP contribution in [-0.2, 0) is 17.1 Å². The Morgan fingerprint density at radius 1 is 1.20 bits per heavy atom. The number of hydrogen-bond donors (Lipinski definition) is 3. The molecule has 0 aliphatic rings. The predicted octanol–water partition coefficient (Wildman–Crippen LogP) is 1.18. The molecule has 0 unspecified atom stereocenters. The number of rotatable bonds is 10. The monoisotopic (exact) mass is 438 g/mol. The summed E-state index contributed by atoms with van der Waals surface area (Å²) in [6, 6.07) is 5.63. The average molecular weight is 439 g/mol. The molecule has 0 bridgehead atoms. The second-order valence-electron chi connectivity index (χ2n) is 6.99. The highest BCUT2D eigenvalue weighted by molar-refractivity contribution is 7.89. The number of methoxy groups -OCH3 is 1. The van der Waals surface area contributed by atoms with Gasteiger partial charge in [-0.3, -0.25) is 15.0 Å². The van der Waals surface area contributed by atoms with Crippen LogP contribution in [0.25, 0.3) is 0 Å². The molecule has 0 radical (unpaired) electrons. The Morgan fingerprint density at radius 3 is 2.47 bits per heavy atom. The van der Waals surface area contributed by atoms with Crippen molar-refractivity contribution in [3.8, 4) is 11.5 Å². The number of aryl methyl sites for hydroxylation is 1. The van der Waals surface area contributed by atoms with Gasteiger partial charge in [0.05, 0.1) is 13.7 Å². The number of primary amides is 1. The first-order chi connectivity index (χ1) is 14.0. The van der Waals surface area contributed by atoms with Gasteiger partial charge in [-0.1, -0.05) is 13.8 Å². The Balaban J connectivity index is 2.08. The summed E-state index contributed by atoms with van der Waals surface area (Å²) in [5.41, 5.74) is 7.49. The molecule has 0 saturated heterocycles. The lowest BCUT2D eigenvalue weighted by atomic mass is 10.1. The van der Waals surface area contributed by atoms with Crippen molar-refractivity contribution in [1.82, 2.24) is 14.8 Å². The van der Waals surface area contributed by atoms with E-state index in [9.17, 15) is 18.0 Å². The maximum Gasteiger partial charge on any atom is 0.266 e. The van der Waals surface area contributed by atoms with Gasteiger partial charge in [0.1, 0.15) is 10.6 Å². The van der Waals surface area contributed by atoms with Gasteiger partial charge in [-0.05, 0) is 36.6 Å². The summed E-state index contributed by atoms with van der Waals surface area (Å²) in [6.45, 7) is 4.67. The number of nitrogens with zero attached hydrogens (tertiary/aromatic N) is 1. The molecular formula is C19H26N4O6S. The number of carbonyl (C=O) groups excluding carboxylic acids is 2. The SMILES string of the molecule is COc1cc(C(=O)NNS(=O)(=O)c2cc(C(N)=O)n(C)c2)ccc1OCCC(C)C. The summed E-state index contributed by atoms with van der Waals surface area (Å²) >= 11 is 0. The van der Waals surface area contributed by atoms with Gasteiger partial charge < -0.3 is 19.8 Å². The lowest BCUT2D eigenvalue weighted by Gasteiger charge is -2.13. The van der Waals surface area contributed by atoms with Crippen LogP contribution in [0.3, 0.4) is 0 Å². The number of hydrazine groups is 1. The Labute approximate surface area is 175 Å². The lowest BCUT2D eigenvalue weighted by molar-refractivity contribution is 0.0943. The van der Waals surface area contributed by atoms with Gasteiger partial charge in [-0.15, -0.1) is 4.83 Å². The van der Waals surface area contributed by atoms with Crippen molar-refractivity contribution in [3.63, 3.8) is 0 Å². The van der Waals surface area contributed by atoms with Gasteiger partial charge in [-0.2, -0.15) is 0 Å². The number of ether oxygens (including phenoxy) is 2. The zero-order chi connectivity index (χ0) is 22.5. The van der Waals surface area contributed by atoms with E-state index in [2.05, 4.69) is 19.3 Å². The minimum Gasteiger partial charge on any atom is -0.493 e. The minimum absolute atomic E-state index is 0.0134. The van der Waals surface area contributed by atoms with Gasteiger partial charge in [-0.25, -0.2) is 8.42 Å². The highest BCUT2D eigenvalue weighted by Gasteiger charge is 2.21. The molecule has 30 heavy (non-hydrogen) atoms. The molecule has 0 saturated carbocycles. The molecular weight excluding hydrogens is 412 g/mol. The Bertz CT molecular complexity index is 1030. The normalized spacial score (nSPS) is 11.4. The van der Waals surface area contributed by atoms with Crippen molar-refractivity contribution in [2.75, 3.05) is 13.7 Å². The fraction of sp³-hybridized carbons (Fsp3) is 0.368. The smallest absolute Gasteiger partial charge is 0.266 e. The Hall–Kier alpha value is -3.05. The van der Waals surface area contributed by atoms with Crippen LogP contribution in [0, 0.1) is 5.92 Å². The van der Waals surface area contributed by atoms with Gasteiger partial charge in [0.25, 0.3) is 21.8 Å². The van der Waals surface area contributed by atoms with Crippen molar-refractivity contribution < 1.29 is 27.5 Å². The molecule has 2 amide bonds. The quantitative estimate of drug-likeness (QED) is 0.476. The van der Waals surface area contributed by atoms with E-state index >= 15 is 0 Å². The van der Waals surface area contributed by atoms with Gasteiger partial charge in [0, 0.05) is 18.8 Å². The summed E-state index contributed by atoms with van der Waals surface area (Å²) in [7, 11) is -1.18. The average Bonchev–Trinajstić information content (AvgIpc) is 3.09. The first-order valence-electron chi connectivity index (χ1n) is 9.14. The van der Waals surface area contributed by atoms with Gasteiger partial charge >= 0.3 is 0 Å². The molecule has 0 fully saturated rings. The highest BCUT2D eigenvalue weighted by Crippen LogP contribution is 2.28. The van der Waals surface area contributed by atoms with E-state index in [0.717, 1.165) is 12.5 Å². The van der Waals surface area contributed by atoms with E-state index in [1.54, 1.807) is 6.07 Å². The molecule has 0 spiro atoms. The lowest BCUT2D eigenvalue weighted by Crippen LogP contribution is -2.41. The van der Waals surface area contributed by atoms with Crippen molar-refractivity contribution in [2.45, 2.75) is 25.2 Å². The molecule has 4 N–H and O–H groups in total. The zero-order valence-corrected chi connectivity index (χ0v) is 18.1. The van der Waals surface area contributed by atoms with Crippen LogP contribution in [0.4, 0.5) is 0 Å². The van der Waals surface area contributed by atoms with E-state index in [0.29, 0.717) is 24.0 Å². The summed E-state index contributed by atoms with van der Waals surface area (Å²) in [5.74, 6) is -0.151. The van der Waals surface area contributed by atoms with E-state index in [-0.39, 0.29) is 16.2 Å². The first kappa shape index (κ1) is 23.2. The topological polar surface area (TPSA) is 142 Å². The molecule has 1 aromatic heterocycles. The van der Waals surface area contributed by atoms with Crippen molar-refractivity contribution in [2.24, 2.45) is 18.7 Å². The molecule has 2 rings (SSSR count). The number of benzene rings is 1. The molecule has 2 aromatic rings. The molecule has 164 valence electrons. The fourth-order valence-corrected chi connectivity index (χ4v) is 3.41. The van der Waals surface area contributed by atoms with Gasteiger partial charge in [0.15, 0.2) is 11.5 Å². The third-order valence-corrected chi connectivity index (χ3v) is 5.43. The van der Waals surface area contributed by atoms with Crippen LogP contribution in [0.2, 0.25) is 0 Å². The number of nitrogens with one attached hydrogen (secondary N) is 2. The van der Waals surface area contributed by atoms with Crippen LogP contribution in [0.5, 0.6) is 11.5 Å². The molecule has 1 aromatic carbocycles. The molecule has 10 nitrogen and oxygen atoms in total. The number of hydrogen-bond acceptors (Lipinski definition) is 6. The predicted molar refractivity (Wildman–Crippen MR) is 110 cm³/mol. The minimum atomic E-state index is -4.11. The first-order valence-corrected chi connectivity index (χ1v) is 10.6. The summed E-state index contributed by atoms with van der Waals surface area (Å²) in [4.78, 5) is 25.4. The van der Waals surface area contributed by atoms with Crippen molar-refractivity contribution in [1.29, 1.82) is 0 Å². The summed E-state index contributed by atoms with van der Waals surface area (Å²) in [5, 5.41) is 0. The van der Waals surface area contributed by atoms with E-state index < -0.39 is 21.8 Å². The maximum atomic E-state index is 12.4. The van der Waals surface area contributed by atoms with E-state index in [1.165, 1.54) is 37.1 Å². The zero-order valence-electron chi connectivity index (χ0n) is 17.3. The van der Waals surface area contributed by atoms with Crippen LogP contribution in [0.15, 0.2) is 35.4 Å². The molecule has 11 heteroatoms. The fourth-order valence-electron chi connectivity index (χ4n) is 2.50. The summed E-state index contributed by atoms with van der Waals surface area (Å²) in [6.07, 6.45) is 2.07. The second kappa shape index (κ2) is 9.63. The van der Waals surface area contributed by atoms with E-state index in [4.69, 9.17) is 15.2 Å². The van der Waals surface area contributed by atoms with Crippen molar-refractivity contribution >= 4 is 21.8 Å². The maximum absolute atomic E-state index is 12.4. The number of aromatic nitrogens is 1. The highest BCUT2D eigenvalue weighted by atomic mass is 32.2. The van der Waals surface area contributed by atoms with Crippen LogP contribution in [-0.4, -0.2) is 38.5 Å². The third-order valence-electron chi connectivity index (χ3n) is 4.22. The molecule has 1 heterocycles. The number of carbonyl (C=O) groups is 2. The van der Waals surface area contributed by atoms with Gasteiger partial charge in [0.2, 0.25) is 0 Å². The Morgan fingerprint density at radius 2 is 1.90 bits per heavy atom. The van der Waals surface area contributed by atoms with Crippen molar-refractivity contribution in [3.05, 3.63) is 41.7 Å². The molecule has 0 aliphatic carbocycles. The molecule has 0 aliphatic heterocycles. The largest absolute Gasteiger partial charge is 0.493 e.